The summed E-state index contributed by atoms with van der Waals surface area (Å²) in [6.07, 6.45) is 0.225. The molecule has 5 rings (SSSR count). The van der Waals surface area contributed by atoms with Crippen LogP contribution >= 0.6 is 0 Å². The van der Waals surface area contributed by atoms with Crippen LogP contribution in [-0.4, -0.2) is 75.6 Å². The van der Waals surface area contributed by atoms with E-state index in [1.807, 2.05) is 55.5 Å². The highest BCUT2D eigenvalue weighted by Crippen LogP contribution is 2.25. The summed E-state index contributed by atoms with van der Waals surface area (Å²) in [6.45, 7) is 6.34. The maximum Gasteiger partial charge on any atom is 0.267 e. The molecule has 0 aliphatic carbocycles. The maximum absolute atomic E-state index is 13.3. The first-order chi connectivity index (χ1) is 20.7. The predicted molar refractivity (Wildman–Crippen MR) is 159 cm³/mol. The average molecular weight is 588 g/mol. The van der Waals surface area contributed by atoms with Gasteiger partial charge < -0.3 is 24.6 Å². The van der Waals surface area contributed by atoms with Crippen LogP contribution in [0, 0.1) is 13.8 Å². The molecule has 0 saturated carbocycles. The number of ether oxygens (including phenoxy) is 2. The van der Waals surface area contributed by atoms with Crippen LogP contribution in [0.25, 0.3) is 0 Å². The van der Waals surface area contributed by atoms with Gasteiger partial charge in [0, 0.05) is 25.7 Å². The van der Waals surface area contributed by atoms with Crippen molar-refractivity contribution in [1.29, 1.82) is 0 Å². The molecule has 1 N–H and O–H groups in total. The highest BCUT2D eigenvalue weighted by atomic mass is 16.5. The monoisotopic (exact) mass is 587 g/mol. The second-order valence-corrected chi connectivity index (χ2v) is 11.0. The van der Waals surface area contributed by atoms with Crippen LogP contribution in [0.2, 0.25) is 0 Å². The van der Waals surface area contributed by atoms with Gasteiger partial charge in [-0.1, -0.05) is 24.3 Å². The number of hydrogen-bond acceptors (Lipinski definition) is 7. The molecular weight excluding hydrogens is 550 g/mol. The van der Waals surface area contributed by atoms with E-state index in [1.54, 1.807) is 18.7 Å². The standard InChI is InChI=1S/C32H37N5O6/c1-4-35-18-29(38)33-27-17-36(32(41)19-37-31(40)13-21(2)22(3)34-37)12-11-28(27)42-20-24-8-6-10-26(15-24)43-25-9-5-7-23(14-25)16-30(35)39/h5-10,13-15,27-28H,4,11-12,16-20H2,1-3H3,(H,33,38)/t27-,28-/m0/s1. The summed E-state index contributed by atoms with van der Waals surface area (Å²) < 4.78 is 13.6. The van der Waals surface area contributed by atoms with Crippen molar-refractivity contribution in [1.82, 2.24) is 24.9 Å². The molecule has 3 amide bonds. The first kappa shape index (κ1) is 30.0. The lowest BCUT2D eigenvalue weighted by atomic mass is 10.0. The van der Waals surface area contributed by atoms with Crippen molar-refractivity contribution < 1.29 is 23.9 Å². The molecule has 3 heterocycles. The number of nitrogens with one attached hydrogen (secondary N) is 1. The fourth-order valence-electron chi connectivity index (χ4n) is 5.36. The number of likely N-dealkylation sites (tertiary alicyclic amines) is 1. The van der Waals surface area contributed by atoms with E-state index in [1.165, 1.54) is 15.6 Å². The Balaban J connectivity index is 1.37. The topological polar surface area (TPSA) is 123 Å². The molecule has 0 radical (unpaired) electrons. The molecule has 43 heavy (non-hydrogen) atoms. The van der Waals surface area contributed by atoms with Crippen LogP contribution in [0.5, 0.6) is 11.5 Å². The van der Waals surface area contributed by atoms with E-state index < -0.39 is 6.04 Å². The van der Waals surface area contributed by atoms with Crippen LogP contribution in [-0.2, 0) is 38.7 Å². The lowest BCUT2D eigenvalue weighted by molar-refractivity contribution is -0.139. The second kappa shape index (κ2) is 13.2. The summed E-state index contributed by atoms with van der Waals surface area (Å²) in [7, 11) is 0. The Hall–Kier alpha value is -4.51. The van der Waals surface area contributed by atoms with Crippen molar-refractivity contribution in [3.63, 3.8) is 0 Å². The zero-order chi connectivity index (χ0) is 30.5. The third-order valence-electron chi connectivity index (χ3n) is 7.89. The van der Waals surface area contributed by atoms with Crippen LogP contribution in [0.15, 0.2) is 59.4 Å². The molecule has 4 bridgehead atoms. The van der Waals surface area contributed by atoms with E-state index in [0.29, 0.717) is 36.7 Å². The van der Waals surface area contributed by atoms with Crippen molar-refractivity contribution in [2.75, 3.05) is 26.2 Å². The molecule has 3 aromatic rings. The van der Waals surface area contributed by atoms with E-state index in [2.05, 4.69) is 10.4 Å². The van der Waals surface area contributed by atoms with E-state index in [9.17, 15) is 19.2 Å². The third-order valence-corrected chi connectivity index (χ3v) is 7.89. The fraction of sp³-hybridized carbons (Fsp3) is 0.406. The molecule has 0 unspecified atom stereocenters. The highest BCUT2D eigenvalue weighted by Gasteiger charge is 2.34. The number of carbonyl (C=O) groups excluding carboxylic acids is 3. The van der Waals surface area contributed by atoms with Crippen molar-refractivity contribution >= 4 is 17.7 Å². The number of aryl methyl sites for hydroxylation is 2. The molecule has 1 aromatic heterocycles. The first-order valence-electron chi connectivity index (χ1n) is 14.6. The quantitative estimate of drug-likeness (QED) is 0.499. The summed E-state index contributed by atoms with van der Waals surface area (Å²) in [5.74, 6) is 0.471. The summed E-state index contributed by atoms with van der Waals surface area (Å²) >= 11 is 0. The van der Waals surface area contributed by atoms with E-state index in [-0.39, 0.29) is 62.0 Å². The van der Waals surface area contributed by atoms with E-state index in [0.717, 1.165) is 16.7 Å². The zero-order valence-corrected chi connectivity index (χ0v) is 24.7. The molecular formula is C32H37N5O6. The summed E-state index contributed by atoms with van der Waals surface area (Å²) in [5, 5.41) is 7.29. The maximum atomic E-state index is 13.3. The number of fused-ring (bicyclic) bond motifs is 5. The van der Waals surface area contributed by atoms with Gasteiger partial charge in [0.1, 0.15) is 18.0 Å². The lowest BCUT2D eigenvalue weighted by Crippen LogP contribution is -2.59. The molecule has 226 valence electrons. The van der Waals surface area contributed by atoms with Gasteiger partial charge in [-0.25, -0.2) is 4.68 Å². The molecule has 0 spiro atoms. The molecule has 2 atom stereocenters. The number of aromatic nitrogens is 2. The number of piperidine rings is 1. The first-order valence-corrected chi connectivity index (χ1v) is 14.6. The molecule has 11 heteroatoms. The minimum absolute atomic E-state index is 0.120. The predicted octanol–water partition coefficient (Wildman–Crippen LogP) is 2.36. The SMILES string of the molecule is CCN1CC(=O)N[C@H]2CN(C(=O)Cn3nc(C)c(C)cc3=O)CC[C@@H]2OCc2cccc(c2)Oc2cccc(c2)CC1=O. The van der Waals surface area contributed by atoms with Crippen molar-refractivity contribution in [3.8, 4) is 11.5 Å². The van der Waals surface area contributed by atoms with Gasteiger partial charge in [0.25, 0.3) is 5.56 Å². The molecule has 2 aliphatic heterocycles. The summed E-state index contributed by atoms with van der Waals surface area (Å²) in [5.41, 5.74) is 2.78. The molecule has 1 fully saturated rings. The van der Waals surface area contributed by atoms with Crippen LogP contribution < -0.4 is 15.6 Å². The van der Waals surface area contributed by atoms with Crippen molar-refractivity contribution in [2.24, 2.45) is 0 Å². The molecule has 11 nitrogen and oxygen atoms in total. The zero-order valence-electron chi connectivity index (χ0n) is 24.7. The Labute approximate surface area is 250 Å². The van der Waals surface area contributed by atoms with Crippen molar-refractivity contribution in [2.45, 2.75) is 58.9 Å². The molecule has 2 aliphatic rings. The summed E-state index contributed by atoms with van der Waals surface area (Å²) in [6, 6.07) is 15.9. The average Bonchev–Trinajstić information content (AvgIpc) is 2.98. The van der Waals surface area contributed by atoms with Crippen LogP contribution in [0.3, 0.4) is 0 Å². The number of rotatable bonds is 3. The van der Waals surface area contributed by atoms with Gasteiger partial charge >= 0.3 is 0 Å². The normalized spacial score (nSPS) is 19.6. The number of likely N-dealkylation sites (N-methyl/N-ethyl adjacent to an activating group) is 1. The van der Waals surface area contributed by atoms with E-state index >= 15 is 0 Å². The second-order valence-electron chi connectivity index (χ2n) is 11.0. The van der Waals surface area contributed by atoms with Gasteiger partial charge in [-0.3, -0.25) is 19.2 Å². The van der Waals surface area contributed by atoms with Gasteiger partial charge in [-0.05, 0) is 68.1 Å². The van der Waals surface area contributed by atoms with Gasteiger partial charge in [0.05, 0.1) is 37.4 Å². The Morgan fingerprint density at radius 3 is 2.49 bits per heavy atom. The Bertz CT molecular complexity index is 1570. The Kier molecular flexibility index (Phi) is 9.20. The number of nitrogens with zero attached hydrogens (tertiary/aromatic N) is 4. The number of carbonyl (C=O) groups is 3. The van der Waals surface area contributed by atoms with Gasteiger partial charge in [-0.15, -0.1) is 0 Å². The molecule has 1 saturated heterocycles. The van der Waals surface area contributed by atoms with Gasteiger partial charge in [0.15, 0.2) is 0 Å². The van der Waals surface area contributed by atoms with Gasteiger partial charge in [-0.2, -0.15) is 5.10 Å². The fourth-order valence-corrected chi connectivity index (χ4v) is 5.36. The van der Waals surface area contributed by atoms with Crippen LogP contribution in [0.4, 0.5) is 0 Å². The number of amides is 3. The minimum atomic E-state index is -0.520. The van der Waals surface area contributed by atoms with E-state index in [4.69, 9.17) is 9.47 Å². The van der Waals surface area contributed by atoms with Crippen molar-refractivity contribution in [3.05, 3.63) is 87.3 Å². The minimum Gasteiger partial charge on any atom is -0.457 e. The number of hydrogen-bond donors (Lipinski definition) is 1. The molecule has 2 aromatic carbocycles. The third kappa shape index (κ3) is 7.47. The highest BCUT2D eigenvalue weighted by molar-refractivity contribution is 5.86. The summed E-state index contributed by atoms with van der Waals surface area (Å²) in [4.78, 5) is 55.3. The largest absolute Gasteiger partial charge is 0.457 e. The Morgan fingerprint density at radius 2 is 1.74 bits per heavy atom. The van der Waals surface area contributed by atoms with Gasteiger partial charge in [0.2, 0.25) is 17.7 Å². The number of benzene rings is 2. The smallest absolute Gasteiger partial charge is 0.267 e. The lowest BCUT2D eigenvalue weighted by Gasteiger charge is -2.39. The Morgan fingerprint density at radius 1 is 1.02 bits per heavy atom. The van der Waals surface area contributed by atoms with Crippen LogP contribution in [0.1, 0.15) is 35.7 Å².